The molecule has 0 aliphatic carbocycles. The molecule has 2 aromatic heterocycles. The number of rotatable bonds is 5. The Labute approximate surface area is 113 Å². The fourth-order valence-corrected chi connectivity index (χ4v) is 1.87. The molecule has 0 spiro atoms. The van der Waals surface area contributed by atoms with Crippen LogP contribution in [0.25, 0.3) is 11.5 Å². The average molecular weight is 258 g/mol. The van der Waals surface area contributed by atoms with Gasteiger partial charge in [-0.25, -0.2) is 9.97 Å². The highest BCUT2D eigenvalue weighted by molar-refractivity contribution is 5.58. The molecular formula is C14H18N4O. The van der Waals surface area contributed by atoms with E-state index in [4.69, 9.17) is 4.74 Å². The zero-order valence-electron chi connectivity index (χ0n) is 11.5. The van der Waals surface area contributed by atoms with Crippen LogP contribution < -0.4 is 9.64 Å². The topological polar surface area (TPSA) is 51.1 Å². The van der Waals surface area contributed by atoms with E-state index >= 15 is 0 Å². The van der Waals surface area contributed by atoms with Crippen LogP contribution in [-0.2, 0) is 0 Å². The Kier molecular flexibility index (Phi) is 4.28. The van der Waals surface area contributed by atoms with Gasteiger partial charge in [-0.2, -0.15) is 0 Å². The molecule has 5 heteroatoms. The van der Waals surface area contributed by atoms with Crippen molar-refractivity contribution in [2.24, 2.45) is 0 Å². The zero-order chi connectivity index (χ0) is 13.7. The summed E-state index contributed by atoms with van der Waals surface area (Å²) in [6.07, 6.45) is 3.44. The quantitative estimate of drug-likeness (QED) is 0.824. The fourth-order valence-electron chi connectivity index (χ4n) is 1.87. The molecule has 0 amide bonds. The predicted molar refractivity (Wildman–Crippen MR) is 75.4 cm³/mol. The van der Waals surface area contributed by atoms with Crippen LogP contribution in [0.4, 0.5) is 5.82 Å². The second-order valence-electron chi connectivity index (χ2n) is 3.97. The second kappa shape index (κ2) is 6.13. The SMILES string of the molecule is CCN(CC)c1nc(-c2ccccn2)ncc1OC. The molecule has 5 nitrogen and oxygen atoms in total. The van der Waals surface area contributed by atoms with E-state index in [1.807, 2.05) is 18.2 Å². The highest BCUT2D eigenvalue weighted by atomic mass is 16.5. The van der Waals surface area contributed by atoms with Crippen molar-refractivity contribution in [1.82, 2.24) is 15.0 Å². The molecule has 0 aliphatic rings. The molecule has 0 aromatic carbocycles. The number of ether oxygens (including phenoxy) is 1. The normalized spacial score (nSPS) is 10.3. The lowest BCUT2D eigenvalue weighted by molar-refractivity contribution is 0.410. The minimum atomic E-state index is 0.614. The highest BCUT2D eigenvalue weighted by Crippen LogP contribution is 2.26. The number of methoxy groups -OCH3 is 1. The van der Waals surface area contributed by atoms with Crippen LogP contribution in [0.1, 0.15) is 13.8 Å². The number of pyridine rings is 1. The lowest BCUT2D eigenvalue weighted by Crippen LogP contribution is -2.24. The molecule has 0 atom stereocenters. The second-order valence-corrected chi connectivity index (χ2v) is 3.97. The summed E-state index contributed by atoms with van der Waals surface area (Å²) in [6, 6.07) is 5.69. The largest absolute Gasteiger partial charge is 0.491 e. The van der Waals surface area contributed by atoms with Crippen molar-refractivity contribution in [3.8, 4) is 17.3 Å². The molecule has 2 rings (SSSR count). The van der Waals surface area contributed by atoms with Gasteiger partial charge in [0.05, 0.1) is 13.3 Å². The molecule has 0 N–H and O–H groups in total. The summed E-state index contributed by atoms with van der Waals surface area (Å²) in [5.41, 5.74) is 0.763. The van der Waals surface area contributed by atoms with Gasteiger partial charge < -0.3 is 9.64 Å². The van der Waals surface area contributed by atoms with Gasteiger partial charge in [0.2, 0.25) is 0 Å². The van der Waals surface area contributed by atoms with Crippen LogP contribution in [-0.4, -0.2) is 35.2 Å². The van der Waals surface area contributed by atoms with Crippen molar-refractivity contribution in [2.75, 3.05) is 25.1 Å². The minimum absolute atomic E-state index is 0.614. The summed E-state index contributed by atoms with van der Waals surface area (Å²) < 4.78 is 5.33. The Hall–Kier alpha value is -2.17. The maximum atomic E-state index is 5.33. The smallest absolute Gasteiger partial charge is 0.180 e. The van der Waals surface area contributed by atoms with E-state index in [-0.39, 0.29) is 0 Å². The third-order valence-corrected chi connectivity index (χ3v) is 2.91. The molecule has 100 valence electrons. The van der Waals surface area contributed by atoms with Gasteiger partial charge in [0.15, 0.2) is 17.4 Å². The summed E-state index contributed by atoms with van der Waals surface area (Å²) in [6.45, 7) is 5.91. The van der Waals surface area contributed by atoms with E-state index in [9.17, 15) is 0 Å². The first-order valence-corrected chi connectivity index (χ1v) is 6.37. The fraction of sp³-hybridized carbons (Fsp3) is 0.357. The Balaban J connectivity index is 2.46. The molecule has 0 saturated carbocycles. The summed E-state index contributed by atoms with van der Waals surface area (Å²) >= 11 is 0. The summed E-state index contributed by atoms with van der Waals surface area (Å²) in [7, 11) is 1.63. The first-order chi connectivity index (χ1) is 9.30. The highest BCUT2D eigenvalue weighted by Gasteiger charge is 2.14. The zero-order valence-corrected chi connectivity index (χ0v) is 11.5. The Bertz CT molecular complexity index is 526. The van der Waals surface area contributed by atoms with Gasteiger partial charge in [-0.1, -0.05) is 6.07 Å². The molecule has 2 heterocycles. The van der Waals surface area contributed by atoms with Gasteiger partial charge in [0.1, 0.15) is 5.69 Å². The summed E-state index contributed by atoms with van der Waals surface area (Å²) in [5, 5.41) is 0. The monoisotopic (exact) mass is 258 g/mol. The van der Waals surface area contributed by atoms with Gasteiger partial charge in [-0.3, -0.25) is 4.98 Å². The van der Waals surface area contributed by atoms with Crippen molar-refractivity contribution in [2.45, 2.75) is 13.8 Å². The van der Waals surface area contributed by atoms with E-state index in [0.29, 0.717) is 11.6 Å². The third kappa shape index (κ3) is 2.81. The Morgan fingerprint density at radius 2 is 1.95 bits per heavy atom. The standard InChI is InChI=1S/C14H18N4O/c1-4-18(5-2)14-12(19-3)10-16-13(17-14)11-8-6-7-9-15-11/h6-10H,4-5H2,1-3H3. The van der Waals surface area contributed by atoms with E-state index in [1.54, 1.807) is 19.5 Å². The van der Waals surface area contributed by atoms with Gasteiger partial charge in [0.25, 0.3) is 0 Å². The molecular weight excluding hydrogens is 240 g/mol. The van der Waals surface area contributed by atoms with Gasteiger partial charge in [-0.15, -0.1) is 0 Å². The van der Waals surface area contributed by atoms with E-state index in [1.165, 1.54) is 0 Å². The van der Waals surface area contributed by atoms with Crippen molar-refractivity contribution < 1.29 is 4.74 Å². The van der Waals surface area contributed by atoms with E-state index < -0.39 is 0 Å². The van der Waals surface area contributed by atoms with Gasteiger partial charge in [0, 0.05) is 19.3 Å². The molecule has 0 fully saturated rings. The first kappa shape index (κ1) is 13.3. The van der Waals surface area contributed by atoms with Crippen LogP contribution in [0.15, 0.2) is 30.6 Å². The molecule has 0 saturated heterocycles. The number of aromatic nitrogens is 3. The maximum absolute atomic E-state index is 5.33. The maximum Gasteiger partial charge on any atom is 0.180 e. The van der Waals surface area contributed by atoms with Crippen LogP contribution in [0.3, 0.4) is 0 Å². The minimum Gasteiger partial charge on any atom is -0.491 e. The van der Waals surface area contributed by atoms with Gasteiger partial charge in [-0.05, 0) is 26.0 Å². The molecule has 19 heavy (non-hydrogen) atoms. The molecule has 2 aromatic rings. The third-order valence-electron chi connectivity index (χ3n) is 2.91. The lowest BCUT2D eigenvalue weighted by atomic mass is 10.3. The van der Waals surface area contributed by atoms with Crippen LogP contribution >= 0.6 is 0 Å². The predicted octanol–water partition coefficient (Wildman–Crippen LogP) is 2.39. The van der Waals surface area contributed by atoms with Crippen LogP contribution in [0, 0.1) is 0 Å². The average Bonchev–Trinajstić information content (AvgIpc) is 2.49. The van der Waals surface area contributed by atoms with Crippen LogP contribution in [0.5, 0.6) is 5.75 Å². The van der Waals surface area contributed by atoms with Crippen LogP contribution in [0.2, 0.25) is 0 Å². The number of hydrogen-bond donors (Lipinski definition) is 0. The Morgan fingerprint density at radius 1 is 1.16 bits per heavy atom. The summed E-state index contributed by atoms with van der Waals surface area (Å²) in [5.74, 6) is 2.11. The lowest BCUT2D eigenvalue weighted by Gasteiger charge is -2.22. The molecule has 0 bridgehead atoms. The van der Waals surface area contributed by atoms with Crippen molar-refractivity contribution >= 4 is 5.82 Å². The van der Waals surface area contributed by atoms with Crippen molar-refractivity contribution in [1.29, 1.82) is 0 Å². The van der Waals surface area contributed by atoms with Crippen molar-refractivity contribution in [3.63, 3.8) is 0 Å². The molecule has 0 aliphatic heterocycles. The summed E-state index contributed by atoms with van der Waals surface area (Å²) in [4.78, 5) is 15.3. The first-order valence-electron chi connectivity index (χ1n) is 6.37. The van der Waals surface area contributed by atoms with Gasteiger partial charge >= 0.3 is 0 Å². The van der Waals surface area contributed by atoms with E-state index in [2.05, 4.69) is 33.7 Å². The number of nitrogens with zero attached hydrogens (tertiary/aromatic N) is 4. The molecule has 0 radical (unpaired) electrons. The van der Waals surface area contributed by atoms with Crippen molar-refractivity contribution in [3.05, 3.63) is 30.6 Å². The number of anilines is 1. The Morgan fingerprint density at radius 3 is 2.53 bits per heavy atom. The molecule has 0 unspecified atom stereocenters. The number of hydrogen-bond acceptors (Lipinski definition) is 5. The van der Waals surface area contributed by atoms with E-state index in [0.717, 1.165) is 24.6 Å².